The molecule has 21 heavy (non-hydrogen) atoms. The van der Waals surface area contributed by atoms with Crippen molar-refractivity contribution < 1.29 is 19.3 Å². The number of rotatable bonds is 11. The van der Waals surface area contributed by atoms with Crippen LogP contribution in [0.2, 0.25) is 0 Å². The van der Waals surface area contributed by atoms with Crippen LogP contribution in [0.25, 0.3) is 0 Å². The monoisotopic (exact) mass is 297 g/mol. The molecule has 2 N–H and O–H groups in total. The van der Waals surface area contributed by atoms with E-state index in [0.29, 0.717) is 18.0 Å². The molecule has 0 spiro atoms. The van der Waals surface area contributed by atoms with E-state index in [1.54, 1.807) is 21.3 Å². The van der Waals surface area contributed by atoms with E-state index in [2.05, 4.69) is 5.32 Å². The average Bonchev–Trinajstić information content (AvgIpc) is 2.53. The molecule has 0 aliphatic heterocycles. The van der Waals surface area contributed by atoms with Crippen LogP contribution in [0.3, 0.4) is 0 Å². The zero-order valence-corrected chi connectivity index (χ0v) is 13.2. The molecule has 1 aromatic rings. The lowest BCUT2D eigenvalue weighted by Gasteiger charge is -2.16. The summed E-state index contributed by atoms with van der Waals surface area (Å²) in [5.74, 6) is 1.38. The third kappa shape index (κ3) is 6.33. The van der Waals surface area contributed by atoms with Gasteiger partial charge in [0.05, 0.1) is 20.3 Å². The Kier molecular flexibility index (Phi) is 8.82. The second-order valence-electron chi connectivity index (χ2n) is 4.88. The first-order valence-corrected chi connectivity index (χ1v) is 7.32. The Morgan fingerprint density at radius 2 is 1.90 bits per heavy atom. The SMILES string of the molecule is COCCCCCNCC(O)c1cc(OC)ccc1OC. The minimum atomic E-state index is -0.617. The van der Waals surface area contributed by atoms with Gasteiger partial charge in [-0.15, -0.1) is 0 Å². The summed E-state index contributed by atoms with van der Waals surface area (Å²) in [6.45, 7) is 2.19. The summed E-state index contributed by atoms with van der Waals surface area (Å²) in [6, 6.07) is 5.43. The summed E-state index contributed by atoms with van der Waals surface area (Å²) in [6.07, 6.45) is 2.66. The van der Waals surface area contributed by atoms with Crippen LogP contribution >= 0.6 is 0 Å². The molecular weight excluding hydrogens is 270 g/mol. The van der Waals surface area contributed by atoms with Gasteiger partial charge in [-0.25, -0.2) is 0 Å². The van der Waals surface area contributed by atoms with Crippen molar-refractivity contribution in [1.29, 1.82) is 0 Å². The summed E-state index contributed by atoms with van der Waals surface area (Å²) in [5.41, 5.74) is 0.740. The average molecular weight is 297 g/mol. The van der Waals surface area contributed by atoms with Crippen molar-refractivity contribution in [2.24, 2.45) is 0 Å². The lowest BCUT2D eigenvalue weighted by atomic mass is 10.1. The number of methoxy groups -OCH3 is 3. The highest BCUT2D eigenvalue weighted by Crippen LogP contribution is 2.28. The number of aliphatic hydroxyl groups excluding tert-OH is 1. The number of benzene rings is 1. The van der Waals surface area contributed by atoms with Gasteiger partial charge < -0.3 is 24.6 Å². The van der Waals surface area contributed by atoms with E-state index in [4.69, 9.17) is 14.2 Å². The number of unbranched alkanes of at least 4 members (excludes halogenated alkanes) is 2. The molecule has 5 nitrogen and oxygen atoms in total. The van der Waals surface area contributed by atoms with Gasteiger partial charge in [-0.2, -0.15) is 0 Å². The van der Waals surface area contributed by atoms with E-state index in [1.807, 2.05) is 18.2 Å². The standard InChI is InChI=1S/C16H27NO4/c1-19-10-6-4-5-9-17-12-15(18)14-11-13(20-2)7-8-16(14)21-3/h7-8,11,15,17-18H,4-6,9-10,12H2,1-3H3. The fraction of sp³-hybridized carbons (Fsp3) is 0.625. The van der Waals surface area contributed by atoms with Crippen molar-refractivity contribution in [3.63, 3.8) is 0 Å². The Morgan fingerprint density at radius 3 is 2.57 bits per heavy atom. The first kappa shape index (κ1) is 17.8. The first-order valence-electron chi connectivity index (χ1n) is 7.32. The van der Waals surface area contributed by atoms with Crippen molar-refractivity contribution in [2.45, 2.75) is 25.4 Å². The highest BCUT2D eigenvalue weighted by atomic mass is 16.5. The fourth-order valence-corrected chi connectivity index (χ4v) is 2.12. The summed E-state index contributed by atoms with van der Waals surface area (Å²) >= 11 is 0. The molecule has 0 fully saturated rings. The summed E-state index contributed by atoms with van der Waals surface area (Å²) in [5, 5.41) is 13.5. The first-order chi connectivity index (χ1) is 10.2. The predicted molar refractivity (Wildman–Crippen MR) is 83.1 cm³/mol. The molecule has 0 aromatic heterocycles. The van der Waals surface area contributed by atoms with Crippen LogP contribution in [0.4, 0.5) is 0 Å². The van der Waals surface area contributed by atoms with E-state index in [-0.39, 0.29) is 0 Å². The minimum absolute atomic E-state index is 0.494. The van der Waals surface area contributed by atoms with Gasteiger partial charge in [-0.05, 0) is 44.0 Å². The highest BCUT2D eigenvalue weighted by molar-refractivity contribution is 5.41. The Bertz CT molecular complexity index is 398. The number of hydrogen-bond acceptors (Lipinski definition) is 5. The maximum Gasteiger partial charge on any atom is 0.124 e. The number of nitrogens with one attached hydrogen (secondary N) is 1. The zero-order valence-electron chi connectivity index (χ0n) is 13.2. The molecule has 0 aliphatic carbocycles. The van der Waals surface area contributed by atoms with E-state index >= 15 is 0 Å². The van der Waals surface area contributed by atoms with E-state index < -0.39 is 6.10 Å². The van der Waals surface area contributed by atoms with Crippen LogP contribution in [0.15, 0.2) is 18.2 Å². The van der Waals surface area contributed by atoms with Gasteiger partial charge in [0, 0.05) is 25.8 Å². The normalized spacial score (nSPS) is 12.2. The molecule has 120 valence electrons. The van der Waals surface area contributed by atoms with Crippen molar-refractivity contribution in [1.82, 2.24) is 5.32 Å². The number of hydrogen-bond donors (Lipinski definition) is 2. The Hall–Kier alpha value is -1.30. The van der Waals surface area contributed by atoms with Gasteiger partial charge in [0.15, 0.2) is 0 Å². The number of aliphatic hydroxyl groups is 1. The lowest BCUT2D eigenvalue weighted by Crippen LogP contribution is -2.23. The van der Waals surface area contributed by atoms with Gasteiger partial charge in [0.2, 0.25) is 0 Å². The molecule has 1 atom stereocenters. The van der Waals surface area contributed by atoms with Gasteiger partial charge in [-0.1, -0.05) is 0 Å². The molecule has 1 rings (SSSR count). The molecule has 0 bridgehead atoms. The fourth-order valence-electron chi connectivity index (χ4n) is 2.12. The van der Waals surface area contributed by atoms with Crippen molar-refractivity contribution in [2.75, 3.05) is 41.0 Å². The maximum absolute atomic E-state index is 10.3. The predicted octanol–water partition coefficient (Wildman–Crippen LogP) is 2.14. The topological polar surface area (TPSA) is 60.0 Å². The molecular formula is C16H27NO4. The maximum atomic E-state index is 10.3. The van der Waals surface area contributed by atoms with Crippen molar-refractivity contribution >= 4 is 0 Å². The largest absolute Gasteiger partial charge is 0.497 e. The van der Waals surface area contributed by atoms with Gasteiger partial charge in [-0.3, -0.25) is 0 Å². The highest BCUT2D eigenvalue weighted by Gasteiger charge is 2.14. The molecule has 0 amide bonds. The molecule has 1 unspecified atom stereocenters. The smallest absolute Gasteiger partial charge is 0.124 e. The van der Waals surface area contributed by atoms with Crippen LogP contribution in [-0.2, 0) is 4.74 Å². The summed E-state index contributed by atoms with van der Waals surface area (Å²) in [4.78, 5) is 0. The van der Waals surface area contributed by atoms with Crippen LogP contribution in [-0.4, -0.2) is 46.1 Å². The van der Waals surface area contributed by atoms with Crippen LogP contribution in [0, 0.1) is 0 Å². The van der Waals surface area contributed by atoms with Gasteiger partial charge >= 0.3 is 0 Å². The quantitative estimate of drug-likeness (QED) is 0.613. The van der Waals surface area contributed by atoms with E-state index in [0.717, 1.165) is 38.0 Å². The molecule has 0 heterocycles. The third-order valence-electron chi connectivity index (χ3n) is 3.34. The van der Waals surface area contributed by atoms with Gasteiger partial charge in [0.25, 0.3) is 0 Å². The van der Waals surface area contributed by atoms with Crippen LogP contribution in [0.5, 0.6) is 11.5 Å². The molecule has 0 saturated carbocycles. The molecule has 0 radical (unpaired) electrons. The molecule has 1 aromatic carbocycles. The second kappa shape index (κ2) is 10.4. The van der Waals surface area contributed by atoms with Crippen molar-refractivity contribution in [3.05, 3.63) is 23.8 Å². The Morgan fingerprint density at radius 1 is 1.10 bits per heavy atom. The Balaban J connectivity index is 2.38. The number of ether oxygens (including phenoxy) is 3. The second-order valence-corrected chi connectivity index (χ2v) is 4.88. The van der Waals surface area contributed by atoms with Crippen LogP contribution < -0.4 is 14.8 Å². The van der Waals surface area contributed by atoms with Crippen molar-refractivity contribution in [3.8, 4) is 11.5 Å². The molecule has 0 saturated heterocycles. The minimum Gasteiger partial charge on any atom is -0.497 e. The lowest BCUT2D eigenvalue weighted by molar-refractivity contribution is 0.169. The van der Waals surface area contributed by atoms with Gasteiger partial charge in [0.1, 0.15) is 11.5 Å². The summed E-state index contributed by atoms with van der Waals surface area (Å²) in [7, 11) is 4.92. The molecule has 0 aliphatic rings. The van der Waals surface area contributed by atoms with E-state index in [9.17, 15) is 5.11 Å². The zero-order chi connectivity index (χ0) is 15.5. The summed E-state index contributed by atoms with van der Waals surface area (Å²) < 4.78 is 15.5. The Labute approximate surface area is 127 Å². The third-order valence-corrected chi connectivity index (χ3v) is 3.34. The van der Waals surface area contributed by atoms with Crippen LogP contribution in [0.1, 0.15) is 30.9 Å². The van der Waals surface area contributed by atoms with E-state index in [1.165, 1.54) is 0 Å². The molecule has 5 heteroatoms.